The van der Waals surface area contributed by atoms with Gasteiger partial charge in [-0.05, 0) is 37.9 Å². The predicted octanol–water partition coefficient (Wildman–Crippen LogP) is 2.70. The first kappa shape index (κ1) is 22.6. The molecule has 5 heterocycles. The average molecular weight is 474 g/mol. The van der Waals surface area contributed by atoms with Gasteiger partial charge in [0.2, 0.25) is 0 Å². The minimum atomic E-state index is -1.17. The van der Waals surface area contributed by atoms with Crippen LogP contribution in [-0.2, 0) is 4.74 Å². The Balaban J connectivity index is 1.41. The smallest absolute Gasteiger partial charge is 0.251 e. The summed E-state index contributed by atoms with van der Waals surface area (Å²) in [5, 5.41) is 8.79. The number of rotatable bonds is 5. The first-order valence-corrected chi connectivity index (χ1v) is 11.3. The van der Waals surface area contributed by atoms with Crippen LogP contribution in [0.4, 0.5) is 19.0 Å². The largest absolute Gasteiger partial charge is 0.381 e. The molecule has 8 nitrogen and oxygen atoms in total. The highest BCUT2D eigenvalue weighted by molar-refractivity contribution is 5.95. The number of nitrogens with one attached hydrogen (secondary N) is 3. The molecule has 34 heavy (non-hydrogen) atoms. The Bertz CT molecular complexity index is 1200. The van der Waals surface area contributed by atoms with Gasteiger partial charge in [0.05, 0.1) is 17.9 Å². The maximum atomic E-state index is 14.7. The Hall–Kier alpha value is -3.18. The molecule has 2 aliphatic heterocycles. The number of imidazole rings is 1. The summed E-state index contributed by atoms with van der Waals surface area (Å²) in [5.41, 5.74) is 0.986. The Labute approximate surface area is 193 Å². The number of aromatic nitrogens is 3. The molecule has 2 atom stereocenters. The third-order valence-electron chi connectivity index (χ3n) is 6.22. The van der Waals surface area contributed by atoms with E-state index in [1.54, 1.807) is 22.7 Å². The van der Waals surface area contributed by atoms with Crippen LogP contribution >= 0.6 is 0 Å². The fraction of sp³-hybridized carbons (Fsp3) is 0.435. The Morgan fingerprint density at radius 3 is 2.79 bits per heavy atom. The van der Waals surface area contributed by atoms with Gasteiger partial charge in [-0.3, -0.25) is 9.20 Å². The third-order valence-corrected chi connectivity index (χ3v) is 6.22. The fourth-order valence-corrected chi connectivity index (χ4v) is 4.30. The third kappa shape index (κ3) is 4.58. The highest BCUT2D eigenvalue weighted by atomic mass is 19.1. The lowest BCUT2D eigenvalue weighted by atomic mass is 10.1. The lowest BCUT2D eigenvalue weighted by Gasteiger charge is -2.28. The molecule has 11 heteroatoms. The average Bonchev–Trinajstić information content (AvgIpc) is 3.26. The van der Waals surface area contributed by atoms with Crippen LogP contribution in [0.15, 0.2) is 30.6 Å². The van der Waals surface area contributed by atoms with E-state index in [-0.39, 0.29) is 29.2 Å². The summed E-state index contributed by atoms with van der Waals surface area (Å²) in [5.74, 6) is -2.22. The van der Waals surface area contributed by atoms with Crippen molar-refractivity contribution >= 4 is 17.4 Å². The van der Waals surface area contributed by atoms with E-state index in [1.807, 2.05) is 0 Å². The summed E-state index contributed by atoms with van der Waals surface area (Å²) < 4.78 is 50.2. The normalized spacial score (nSPS) is 21.5. The first-order chi connectivity index (χ1) is 16.5. The molecule has 0 aromatic carbocycles. The Morgan fingerprint density at radius 1 is 1.18 bits per heavy atom. The molecule has 0 aliphatic carbocycles. The van der Waals surface area contributed by atoms with E-state index in [0.29, 0.717) is 43.9 Å². The number of hydrogen-bond acceptors (Lipinski definition) is 6. The number of alkyl halides is 1. The number of pyridine rings is 2. The summed E-state index contributed by atoms with van der Waals surface area (Å²) in [6, 6.07) is 3.31. The molecule has 1 amide bonds. The van der Waals surface area contributed by atoms with Gasteiger partial charge in [0.25, 0.3) is 5.91 Å². The van der Waals surface area contributed by atoms with Crippen molar-refractivity contribution in [1.29, 1.82) is 0 Å². The molecule has 3 aromatic rings. The highest BCUT2D eigenvalue weighted by Crippen LogP contribution is 2.27. The number of carbonyl (C=O) groups excluding carboxylic acids is 1. The monoisotopic (exact) mass is 474 g/mol. The number of amides is 1. The first-order valence-electron chi connectivity index (χ1n) is 11.3. The molecule has 2 unspecified atom stereocenters. The number of carbonyl (C=O) groups is 1. The van der Waals surface area contributed by atoms with E-state index in [4.69, 9.17) is 4.74 Å². The standard InChI is InChI=1S/C23H25F3N6O2/c24-15-1-5-27-11-18(15)30-22-17(26)10-16(25)21(31-22)19-12-28-20-9-13(2-6-32(19)20)23(33)29-14-3-7-34-8-4-14/h2,6,9-10,12,14-15,18,27H,1,3-5,7-8,11H2,(H,29,33)(H,30,31). The quantitative estimate of drug-likeness (QED) is 0.527. The van der Waals surface area contributed by atoms with Crippen LogP contribution in [0.25, 0.3) is 17.0 Å². The van der Waals surface area contributed by atoms with E-state index in [2.05, 4.69) is 25.9 Å². The van der Waals surface area contributed by atoms with Crippen molar-refractivity contribution in [2.24, 2.45) is 0 Å². The van der Waals surface area contributed by atoms with Crippen molar-refractivity contribution in [2.45, 2.75) is 37.5 Å². The van der Waals surface area contributed by atoms with Gasteiger partial charge in [0, 0.05) is 43.6 Å². The van der Waals surface area contributed by atoms with Gasteiger partial charge >= 0.3 is 0 Å². The second-order valence-corrected chi connectivity index (χ2v) is 8.56. The van der Waals surface area contributed by atoms with Crippen LogP contribution in [0.1, 0.15) is 29.6 Å². The van der Waals surface area contributed by atoms with Crippen molar-refractivity contribution in [3.63, 3.8) is 0 Å². The Morgan fingerprint density at radius 2 is 2.00 bits per heavy atom. The second kappa shape index (κ2) is 9.59. The molecule has 3 N–H and O–H groups in total. The van der Waals surface area contributed by atoms with Crippen LogP contribution in [0.2, 0.25) is 0 Å². The number of ether oxygens (including phenoxy) is 1. The van der Waals surface area contributed by atoms with Gasteiger partial charge in [-0.1, -0.05) is 0 Å². The predicted molar refractivity (Wildman–Crippen MR) is 119 cm³/mol. The minimum Gasteiger partial charge on any atom is -0.381 e. The van der Waals surface area contributed by atoms with Gasteiger partial charge < -0.3 is 20.7 Å². The summed E-state index contributed by atoms with van der Waals surface area (Å²) in [4.78, 5) is 21.0. The van der Waals surface area contributed by atoms with Crippen molar-refractivity contribution in [2.75, 3.05) is 31.6 Å². The summed E-state index contributed by atoms with van der Waals surface area (Å²) in [6.07, 6.45) is 3.64. The number of halogens is 3. The number of hydrogen-bond donors (Lipinski definition) is 3. The molecule has 0 spiro atoms. The molecule has 0 saturated carbocycles. The van der Waals surface area contributed by atoms with Crippen LogP contribution in [0, 0.1) is 11.6 Å². The van der Waals surface area contributed by atoms with E-state index >= 15 is 0 Å². The molecule has 180 valence electrons. The van der Waals surface area contributed by atoms with Crippen LogP contribution < -0.4 is 16.0 Å². The molecular weight excluding hydrogens is 449 g/mol. The summed E-state index contributed by atoms with van der Waals surface area (Å²) in [7, 11) is 0. The molecule has 0 bridgehead atoms. The van der Waals surface area contributed by atoms with Crippen molar-refractivity contribution in [3.8, 4) is 11.4 Å². The minimum absolute atomic E-state index is 0.0551. The lowest BCUT2D eigenvalue weighted by Crippen LogP contribution is -2.46. The molecule has 5 rings (SSSR count). The molecular formula is C23H25F3N6O2. The van der Waals surface area contributed by atoms with Crippen LogP contribution in [0.5, 0.6) is 0 Å². The van der Waals surface area contributed by atoms with Crippen molar-refractivity contribution in [1.82, 2.24) is 25.0 Å². The highest BCUT2D eigenvalue weighted by Gasteiger charge is 2.27. The lowest BCUT2D eigenvalue weighted by molar-refractivity contribution is 0.0696. The fourth-order valence-electron chi connectivity index (χ4n) is 4.30. The molecule has 3 aromatic heterocycles. The second-order valence-electron chi connectivity index (χ2n) is 8.56. The zero-order valence-corrected chi connectivity index (χ0v) is 18.4. The molecule has 2 aliphatic rings. The topological polar surface area (TPSA) is 92.6 Å². The summed E-state index contributed by atoms with van der Waals surface area (Å²) >= 11 is 0. The Kier molecular flexibility index (Phi) is 6.38. The number of fused-ring (bicyclic) bond motifs is 1. The van der Waals surface area contributed by atoms with Gasteiger partial charge in [-0.15, -0.1) is 0 Å². The van der Waals surface area contributed by atoms with Gasteiger partial charge in [-0.2, -0.15) is 0 Å². The van der Waals surface area contributed by atoms with Crippen LogP contribution in [-0.4, -0.2) is 64.8 Å². The van der Waals surface area contributed by atoms with E-state index in [9.17, 15) is 18.0 Å². The zero-order chi connectivity index (χ0) is 23.7. The van der Waals surface area contributed by atoms with Crippen molar-refractivity contribution < 1.29 is 22.7 Å². The van der Waals surface area contributed by atoms with E-state index in [1.165, 1.54) is 6.20 Å². The van der Waals surface area contributed by atoms with Crippen LogP contribution in [0.3, 0.4) is 0 Å². The molecule has 2 saturated heterocycles. The van der Waals surface area contributed by atoms with Gasteiger partial charge in [0.1, 0.15) is 17.5 Å². The number of piperidine rings is 1. The number of anilines is 1. The van der Waals surface area contributed by atoms with Gasteiger partial charge in [-0.25, -0.2) is 23.1 Å². The number of nitrogens with zero attached hydrogens (tertiary/aromatic N) is 3. The molecule has 0 radical (unpaired) electrons. The SMILES string of the molecule is O=C(NC1CCOCC1)c1ccn2c(-c3nc(NC4CNCCC4F)c(F)cc3F)cnc2c1. The van der Waals surface area contributed by atoms with Gasteiger partial charge in [0.15, 0.2) is 17.5 Å². The molecule has 2 fully saturated rings. The summed E-state index contributed by atoms with van der Waals surface area (Å²) in [6.45, 7) is 2.08. The van der Waals surface area contributed by atoms with Crippen molar-refractivity contribution in [3.05, 3.63) is 47.8 Å². The van der Waals surface area contributed by atoms with E-state index in [0.717, 1.165) is 18.9 Å². The van der Waals surface area contributed by atoms with E-state index < -0.39 is 23.8 Å². The maximum Gasteiger partial charge on any atom is 0.251 e. The zero-order valence-electron chi connectivity index (χ0n) is 18.4. The maximum absolute atomic E-state index is 14.7.